The van der Waals surface area contributed by atoms with E-state index in [0.717, 1.165) is 66.1 Å². The van der Waals surface area contributed by atoms with Crippen LogP contribution in [0, 0.1) is 0 Å². The first-order chi connectivity index (χ1) is 24.8. The first-order valence-corrected chi connectivity index (χ1v) is 17.3. The van der Waals surface area contributed by atoms with Crippen LogP contribution < -0.4 is 0 Å². The van der Waals surface area contributed by atoms with E-state index in [9.17, 15) is 0 Å². The Morgan fingerprint density at radius 1 is 0.440 bits per heavy atom. The summed E-state index contributed by atoms with van der Waals surface area (Å²) in [5.41, 5.74) is 9.91. The fourth-order valence-electron chi connectivity index (χ4n) is 6.75. The third kappa shape index (κ3) is 4.77. The molecule has 0 N–H and O–H groups in total. The van der Waals surface area contributed by atoms with Gasteiger partial charge in [0, 0.05) is 53.4 Å². The van der Waals surface area contributed by atoms with Crippen molar-refractivity contribution in [1.82, 2.24) is 19.9 Å². The highest BCUT2D eigenvalue weighted by molar-refractivity contribution is 7.26. The van der Waals surface area contributed by atoms with Gasteiger partial charge in [-0.15, -0.1) is 11.3 Å². The van der Waals surface area contributed by atoms with Crippen molar-refractivity contribution in [2.75, 3.05) is 0 Å². The van der Waals surface area contributed by atoms with Gasteiger partial charge in [0.25, 0.3) is 0 Å². The molecule has 0 saturated carbocycles. The maximum atomic E-state index is 6.44. The van der Waals surface area contributed by atoms with Crippen molar-refractivity contribution in [3.8, 4) is 56.5 Å². The minimum Gasteiger partial charge on any atom is -0.452 e. The van der Waals surface area contributed by atoms with Crippen LogP contribution in [0.1, 0.15) is 0 Å². The molecule has 0 saturated heterocycles. The number of fused-ring (bicyclic) bond motifs is 6. The standard InChI is InChI=1S/C44H26N4OS/c1-4-13-27(14-5-1)34-26-35(46-43(45-34)28-15-6-2-7-16-28)31-20-12-22-37-39(31)33-24-23-30(25-38(33)50-37)40-42-41(32-19-10-11-21-36(32)49-42)48-44(47-40)29-17-8-3-9-18-29/h1-26H. The lowest BCUT2D eigenvalue weighted by molar-refractivity contribution is 0.667. The third-order valence-electron chi connectivity index (χ3n) is 9.13. The lowest BCUT2D eigenvalue weighted by Crippen LogP contribution is -1.96. The highest BCUT2D eigenvalue weighted by Gasteiger charge is 2.20. The second-order valence-corrected chi connectivity index (χ2v) is 13.3. The Morgan fingerprint density at radius 3 is 1.86 bits per heavy atom. The summed E-state index contributed by atoms with van der Waals surface area (Å²) in [5, 5.41) is 3.33. The molecule has 0 spiro atoms. The van der Waals surface area contributed by atoms with E-state index in [-0.39, 0.29) is 0 Å². The predicted octanol–water partition coefficient (Wildman–Crippen LogP) is 11.9. The fourth-order valence-corrected chi connectivity index (χ4v) is 7.92. The molecular weight excluding hydrogens is 633 g/mol. The van der Waals surface area contributed by atoms with E-state index in [0.29, 0.717) is 17.2 Å². The van der Waals surface area contributed by atoms with Crippen molar-refractivity contribution in [3.05, 3.63) is 158 Å². The van der Waals surface area contributed by atoms with Gasteiger partial charge in [-0.2, -0.15) is 0 Å². The topological polar surface area (TPSA) is 64.7 Å². The Kier molecular flexibility index (Phi) is 6.60. The van der Waals surface area contributed by atoms with Crippen LogP contribution in [-0.2, 0) is 0 Å². The van der Waals surface area contributed by atoms with E-state index < -0.39 is 0 Å². The van der Waals surface area contributed by atoms with Crippen molar-refractivity contribution in [3.63, 3.8) is 0 Å². The van der Waals surface area contributed by atoms with Crippen molar-refractivity contribution in [2.24, 2.45) is 0 Å². The molecule has 0 bridgehead atoms. The lowest BCUT2D eigenvalue weighted by Gasteiger charge is -2.10. The number of para-hydroxylation sites is 1. The average molecular weight is 659 g/mol. The quantitative estimate of drug-likeness (QED) is 0.184. The lowest BCUT2D eigenvalue weighted by atomic mass is 10.0. The molecule has 50 heavy (non-hydrogen) atoms. The molecule has 0 unspecified atom stereocenters. The van der Waals surface area contributed by atoms with Gasteiger partial charge in [-0.05, 0) is 30.3 Å². The monoisotopic (exact) mass is 658 g/mol. The van der Waals surface area contributed by atoms with Crippen LogP contribution in [-0.4, -0.2) is 19.9 Å². The summed E-state index contributed by atoms with van der Waals surface area (Å²) in [6, 6.07) is 53.9. The van der Waals surface area contributed by atoms with E-state index in [1.807, 2.05) is 84.9 Å². The van der Waals surface area contributed by atoms with Gasteiger partial charge in [0.1, 0.15) is 16.8 Å². The molecule has 0 aliphatic carbocycles. The van der Waals surface area contributed by atoms with Crippen molar-refractivity contribution in [1.29, 1.82) is 0 Å². The van der Waals surface area contributed by atoms with Gasteiger partial charge in [0.05, 0.1) is 11.4 Å². The van der Waals surface area contributed by atoms with Crippen molar-refractivity contribution >= 4 is 53.6 Å². The fraction of sp³-hybridized carbons (Fsp3) is 0. The van der Waals surface area contributed by atoms with E-state index in [4.69, 9.17) is 24.4 Å². The SMILES string of the molecule is c1ccc(-c2cc(-c3cccc4sc5cc(-c6nc(-c7ccccc7)nc7c6oc6ccccc67)ccc5c34)nc(-c3ccccc3)n2)cc1. The van der Waals surface area contributed by atoms with E-state index >= 15 is 0 Å². The van der Waals surface area contributed by atoms with Gasteiger partial charge in [-0.3, -0.25) is 0 Å². The number of hydrogen-bond acceptors (Lipinski definition) is 6. The van der Waals surface area contributed by atoms with Gasteiger partial charge in [0.15, 0.2) is 17.2 Å². The van der Waals surface area contributed by atoms with Crippen LogP contribution >= 0.6 is 11.3 Å². The van der Waals surface area contributed by atoms with Crippen LogP contribution in [0.5, 0.6) is 0 Å². The molecule has 0 amide bonds. The zero-order chi connectivity index (χ0) is 33.0. The van der Waals surface area contributed by atoms with Crippen LogP contribution in [0.25, 0.3) is 98.8 Å². The molecule has 10 aromatic rings. The Labute approximate surface area is 291 Å². The minimum absolute atomic E-state index is 0.672. The van der Waals surface area contributed by atoms with Crippen LogP contribution in [0.4, 0.5) is 0 Å². The van der Waals surface area contributed by atoms with Crippen LogP contribution in [0.2, 0.25) is 0 Å². The van der Waals surface area contributed by atoms with Gasteiger partial charge in [-0.25, -0.2) is 19.9 Å². The summed E-state index contributed by atoms with van der Waals surface area (Å²) in [4.78, 5) is 20.3. The Bertz CT molecular complexity index is 2810. The van der Waals surface area contributed by atoms with Crippen LogP contribution in [0.3, 0.4) is 0 Å². The average Bonchev–Trinajstić information content (AvgIpc) is 3.76. The zero-order valence-corrected chi connectivity index (χ0v) is 27.4. The summed E-state index contributed by atoms with van der Waals surface area (Å²) in [6.45, 7) is 0. The number of thiophene rings is 1. The first kappa shape index (κ1) is 28.5. The summed E-state index contributed by atoms with van der Waals surface area (Å²) in [5.74, 6) is 1.37. The van der Waals surface area contributed by atoms with Crippen molar-refractivity contribution in [2.45, 2.75) is 0 Å². The molecule has 0 aliphatic heterocycles. The third-order valence-corrected chi connectivity index (χ3v) is 10.2. The molecule has 4 heterocycles. The zero-order valence-electron chi connectivity index (χ0n) is 26.6. The van der Waals surface area contributed by atoms with Gasteiger partial charge >= 0.3 is 0 Å². The van der Waals surface area contributed by atoms with E-state index in [1.54, 1.807) is 11.3 Å². The largest absolute Gasteiger partial charge is 0.452 e. The predicted molar refractivity (Wildman–Crippen MR) is 205 cm³/mol. The molecule has 0 radical (unpaired) electrons. The smallest absolute Gasteiger partial charge is 0.180 e. The molecule has 234 valence electrons. The highest BCUT2D eigenvalue weighted by atomic mass is 32.1. The molecule has 6 heteroatoms. The molecular formula is C44H26N4OS. The number of benzene rings is 6. The molecule has 0 fully saturated rings. The highest BCUT2D eigenvalue weighted by Crippen LogP contribution is 2.43. The van der Waals surface area contributed by atoms with Crippen molar-refractivity contribution < 1.29 is 4.42 Å². The number of nitrogens with zero attached hydrogens (tertiary/aromatic N) is 4. The molecule has 0 atom stereocenters. The summed E-state index contributed by atoms with van der Waals surface area (Å²) >= 11 is 1.77. The summed E-state index contributed by atoms with van der Waals surface area (Å²) in [7, 11) is 0. The summed E-state index contributed by atoms with van der Waals surface area (Å²) < 4.78 is 8.79. The summed E-state index contributed by atoms with van der Waals surface area (Å²) in [6.07, 6.45) is 0. The second kappa shape index (κ2) is 11.6. The second-order valence-electron chi connectivity index (χ2n) is 12.2. The molecule has 0 aliphatic rings. The van der Waals surface area contributed by atoms with Gasteiger partial charge < -0.3 is 4.42 Å². The maximum absolute atomic E-state index is 6.44. The number of aromatic nitrogens is 4. The molecule has 6 aromatic carbocycles. The maximum Gasteiger partial charge on any atom is 0.180 e. The Balaban J connectivity index is 1.17. The normalized spacial score (nSPS) is 11.6. The van der Waals surface area contributed by atoms with Gasteiger partial charge in [0.2, 0.25) is 0 Å². The first-order valence-electron chi connectivity index (χ1n) is 16.5. The minimum atomic E-state index is 0.672. The van der Waals surface area contributed by atoms with Gasteiger partial charge in [-0.1, -0.05) is 127 Å². The Morgan fingerprint density at radius 2 is 1.10 bits per heavy atom. The molecule has 4 aromatic heterocycles. The molecule has 10 rings (SSSR count). The number of rotatable bonds is 5. The molecule has 5 nitrogen and oxygen atoms in total. The van der Waals surface area contributed by atoms with Crippen LogP contribution in [0.15, 0.2) is 162 Å². The number of hydrogen-bond donors (Lipinski definition) is 0. The van der Waals surface area contributed by atoms with E-state index in [2.05, 4.69) is 72.8 Å². The Hall–Kier alpha value is -6.50. The number of furan rings is 1. The van der Waals surface area contributed by atoms with E-state index in [1.165, 1.54) is 15.5 Å².